The van der Waals surface area contributed by atoms with Crippen LogP contribution in [0.25, 0.3) is 0 Å². The Labute approximate surface area is 94.8 Å². The number of carboxylic acids is 1. The van der Waals surface area contributed by atoms with E-state index >= 15 is 0 Å². The summed E-state index contributed by atoms with van der Waals surface area (Å²) in [5, 5.41) is 8.57. The minimum absolute atomic E-state index is 0.194. The summed E-state index contributed by atoms with van der Waals surface area (Å²) in [4.78, 5) is 10.6. The second-order valence-electron chi connectivity index (χ2n) is 4.55. The van der Waals surface area contributed by atoms with Crippen LogP contribution in [0, 0.1) is 11.8 Å². The summed E-state index contributed by atoms with van der Waals surface area (Å²) in [7, 11) is 0. The Morgan fingerprint density at radius 2 is 1.88 bits per heavy atom. The zero-order chi connectivity index (χ0) is 13.6. The maximum atomic E-state index is 14.1. The van der Waals surface area contributed by atoms with Crippen LogP contribution >= 0.6 is 0 Å². The van der Waals surface area contributed by atoms with Crippen molar-refractivity contribution in [3.63, 3.8) is 0 Å². The number of hydrogen-bond donors (Lipinski definition) is 1. The molecule has 3 unspecified atom stereocenters. The fraction of sp³-hybridized carbons (Fsp3) is 0.900. The Hall–Kier alpha value is -0.880. The van der Waals surface area contributed by atoms with Crippen molar-refractivity contribution >= 4 is 5.97 Å². The minimum Gasteiger partial charge on any atom is -0.481 e. The van der Waals surface area contributed by atoms with Gasteiger partial charge >= 0.3 is 5.97 Å². The van der Waals surface area contributed by atoms with Gasteiger partial charge in [-0.1, -0.05) is 6.92 Å². The number of halogens is 5. The van der Waals surface area contributed by atoms with Crippen molar-refractivity contribution in [1.82, 2.24) is 0 Å². The van der Waals surface area contributed by atoms with Crippen molar-refractivity contribution in [3.05, 3.63) is 0 Å². The molecule has 1 aliphatic rings. The van der Waals surface area contributed by atoms with Gasteiger partial charge in [-0.15, -0.1) is 0 Å². The Morgan fingerprint density at radius 1 is 1.41 bits per heavy atom. The molecule has 1 N–H and O–H groups in total. The molecule has 0 spiro atoms. The summed E-state index contributed by atoms with van der Waals surface area (Å²) in [6.45, 7) is 1.35. The van der Waals surface area contributed by atoms with E-state index in [0.717, 1.165) is 6.92 Å². The van der Waals surface area contributed by atoms with Crippen LogP contribution < -0.4 is 0 Å². The molecule has 2 nitrogen and oxygen atoms in total. The molecule has 17 heavy (non-hydrogen) atoms. The van der Waals surface area contributed by atoms with E-state index < -0.39 is 48.2 Å². The summed E-state index contributed by atoms with van der Waals surface area (Å²) < 4.78 is 67.5. The average molecular weight is 260 g/mol. The highest BCUT2D eigenvalue weighted by Gasteiger charge is 2.73. The second-order valence-corrected chi connectivity index (χ2v) is 4.55. The van der Waals surface area contributed by atoms with Crippen LogP contribution in [0.5, 0.6) is 0 Å². The van der Waals surface area contributed by atoms with Gasteiger partial charge in [0, 0.05) is 6.42 Å². The van der Waals surface area contributed by atoms with Gasteiger partial charge in [0.05, 0.1) is 0 Å². The first kappa shape index (κ1) is 14.2. The van der Waals surface area contributed by atoms with Crippen molar-refractivity contribution in [2.75, 3.05) is 0 Å². The molecule has 3 atom stereocenters. The maximum Gasteiger partial charge on any atom is 0.312 e. The highest BCUT2D eigenvalue weighted by atomic mass is 19.3. The molecule has 7 heteroatoms. The number of aliphatic carboxylic acids is 1. The van der Waals surface area contributed by atoms with E-state index in [2.05, 4.69) is 0 Å². The molecular weight excluding hydrogens is 247 g/mol. The van der Waals surface area contributed by atoms with Crippen molar-refractivity contribution in [1.29, 1.82) is 0 Å². The average Bonchev–Trinajstić information content (AvgIpc) is 2.32. The molecule has 0 bridgehead atoms. The summed E-state index contributed by atoms with van der Waals surface area (Å²) in [5.41, 5.74) is -2.86. The Morgan fingerprint density at radius 3 is 2.12 bits per heavy atom. The zero-order valence-electron chi connectivity index (χ0n) is 9.31. The highest BCUT2D eigenvalue weighted by molar-refractivity contribution is 5.72. The normalized spacial score (nSPS) is 37.1. The van der Waals surface area contributed by atoms with E-state index in [-0.39, 0.29) is 6.92 Å². The van der Waals surface area contributed by atoms with Crippen LogP contribution in [0.15, 0.2) is 0 Å². The third-order valence-corrected chi connectivity index (χ3v) is 3.30. The quantitative estimate of drug-likeness (QED) is 0.791. The van der Waals surface area contributed by atoms with Crippen LogP contribution in [-0.2, 0) is 4.79 Å². The number of hydrogen-bond acceptors (Lipinski definition) is 1. The second kappa shape index (κ2) is 3.81. The molecule has 0 heterocycles. The molecule has 0 aromatic heterocycles. The van der Waals surface area contributed by atoms with Gasteiger partial charge < -0.3 is 5.11 Å². The third-order valence-electron chi connectivity index (χ3n) is 3.30. The van der Waals surface area contributed by atoms with Crippen LogP contribution in [0.3, 0.4) is 0 Å². The van der Waals surface area contributed by atoms with Gasteiger partial charge in [0.25, 0.3) is 11.8 Å². The van der Waals surface area contributed by atoms with E-state index in [4.69, 9.17) is 5.11 Å². The highest BCUT2D eigenvalue weighted by Crippen LogP contribution is 2.59. The Kier molecular flexibility index (Phi) is 3.18. The smallest absolute Gasteiger partial charge is 0.312 e. The van der Waals surface area contributed by atoms with Gasteiger partial charge in [-0.25, -0.2) is 22.0 Å². The Bertz CT molecular complexity index is 325. The van der Waals surface area contributed by atoms with E-state index in [1.807, 2.05) is 0 Å². The molecule has 1 saturated carbocycles. The molecule has 0 aromatic rings. The number of carbonyl (C=O) groups is 1. The summed E-state index contributed by atoms with van der Waals surface area (Å²) in [5.74, 6) is -15.5. The van der Waals surface area contributed by atoms with Crippen LogP contribution in [-0.4, -0.2) is 28.6 Å². The topological polar surface area (TPSA) is 37.3 Å². The number of rotatable bonds is 3. The van der Waals surface area contributed by atoms with Crippen LogP contribution in [0.4, 0.5) is 22.0 Å². The van der Waals surface area contributed by atoms with Crippen LogP contribution in [0.2, 0.25) is 0 Å². The van der Waals surface area contributed by atoms with Crippen molar-refractivity contribution in [2.24, 2.45) is 11.8 Å². The van der Waals surface area contributed by atoms with Gasteiger partial charge in [-0.05, 0) is 13.3 Å². The lowest BCUT2D eigenvalue weighted by Gasteiger charge is -2.33. The fourth-order valence-corrected chi connectivity index (χ4v) is 2.53. The minimum atomic E-state index is -4.26. The van der Waals surface area contributed by atoms with Gasteiger partial charge in [-0.3, -0.25) is 4.79 Å². The molecule has 0 saturated heterocycles. The first-order valence-electron chi connectivity index (χ1n) is 5.14. The third kappa shape index (κ3) is 2.11. The molecule has 0 aliphatic heterocycles. The summed E-state index contributed by atoms with van der Waals surface area (Å²) in [6.07, 6.45) is -1.65. The molecule has 1 aliphatic carbocycles. The SMILES string of the molecule is CCC1(F)CC(C(=O)O)C(F)(F)C1C(C)(F)F. The molecule has 0 radical (unpaired) electrons. The molecule has 1 fully saturated rings. The monoisotopic (exact) mass is 260 g/mol. The van der Waals surface area contributed by atoms with Gasteiger partial charge in [0.2, 0.25) is 0 Å². The van der Waals surface area contributed by atoms with Gasteiger partial charge in [0.15, 0.2) is 0 Å². The maximum absolute atomic E-state index is 14.1. The van der Waals surface area contributed by atoms with Gasteiger partial charge in [0.1, 0.15) is 17.5 Å². The van der Waals surface area contributed by atoms with Crippen molar-refractivity contribution < 1.29 is 31.9 Å². The predicted molar refractivity (Wildman–Crippen MR) is 48.9 cm³/mol. The van der Waals surface area contributed by atoms with E-state index in [0.29, 0.717) is 0 Å². The molecule has 0 amide bonds. The van der Waals surface area contributed by atoms with Crippen molar-refractivity contribution in [2.45, 2.75) is 44.2 Å². The van der Waals surface area contributed by atoms with Crippen molar-refractivity contribution in [3.8, 4) is 0 Å². The molecular formula is C10H13F5O2. The van der Waals surface area contributed by atoms with Crippen LogP contribution in [0.1, 0.15) is 26.7 Å². The van der Waals surface area contributed by atoms with E-state index in [9.17, 15) is 26.7 Å². The number of carboxylic acid groups (broad SMARTS) is 1. The number of alkyl halides is 5. The molecule has 1 rings (SSSR count). The lowest BCUT2D eigenvalue weighted by molar-refractivity contribution is -0.198. The largest absolute Gasteiger partial charge is 0.481 e. The summed E-state index contributed by atoms with van der Waals surface area (Å²) >= 11 is 0. The Balaban J connectivity index is 3.27. The molecule has 0 aromatic carbocycles. The predicted octanol–water partition coefficient (Wildman–Crippen LogP) is 3.12. The van der Waals surface area contributed by atoms with E-state index in [1.54, 1.807) is 0 Å². The lowest BCUT2D eigenvalue weighted by Crippen LogP contribution is -2.48. The standard InChI is InChI=1S/C10H13F5O2/c1-3-9(13)4-5(6(16)17)10(14,15)7(9)8(2,11)12/h5,7H,3-4H2,1-2H3,(H,16,17). The van der Waals surface area contributed by atoms with Gasteiger partial charge in [-0.2, -0.15) is 0 Å². The van der Waals surface area contributed by atoms with E-state index in [1.165, 1.54) is 0 Å². The summed E-state index contributed by atoms with van der Waals surface area (Å²) in [6, 6.07) is 0. The zero-order valence-corrected chi connectivity index (χ0v) is 9.31. The molecule has 100 valence electrons. The first-order valence-corrected chi connectivity index (χ1v) is 5.14. The first-order chi connectivity index (χ1) is 7.47. The lowest BCUT2D eigenvalue weighted by atomic mass is 9.84. The fourth-order valence-electron chi connectivity index (χ4n) is 2.53.